The molecule has 0 saturated carbocycles. The Morgan fingerprint density at radius 1 is 1.15 bits per heavy atom. The molecule has 71 valence electrons. The van der Waals surface area contributed by atoms with Gasteiger partial charge in [0.15, 0.2) is 0 Å². The molecule has 0 bridgehead atoms. The molecule has 0 atom stereocenters. The topological polar surface area (TPSA) is 43.4 Å². The van der Waals surface area contributed by atoms with Crippen LogP contribution in [0.4, 0.5) is 8.78 Å². The Morgan fingerprint density at radius 3 is 2.00 bits per heavy atom. The fourth-order valence-corrected chi connectivity index (χ4v) is 1.39. The first-order valence-corrected chi connectivity index (χ1v) is 4.51. The fourth-order valence-electron chi connectivity index (χ4n) is 0.741. The van der Waals surface area contributed by atoms with E-state index in [2.05, 4.69) is 11.3 Å². The van der Waals surface area contributed by atoms with E-state index in [1.54, 1.807) is 0 Å². The summed E-state index contributed by atoms with van der Waals surface area (Å²) in [4.78, 5) is -0.597. The predicted octanol–water partition coefficient (Wildman–Crippen LogP) is 1.46. The van der Waals surface area contributed by atoms with Crippen LogP contribution in [0.15, 0.2) is 23.1 Å². The van der Waals surface area contributed by atoms with Crippen LogP contribution >= 0.6 is 0 Å². The smallest absolute Gasteiger partial charge is 0.264 e. The lowest BCUT2D eigenvalue weighted by atomic mass is 10.3. The molecule has 1 rings (SSSR count). The molecule has 0 saturated heterocycles. The van der Waals surface area contributed by atoms with Gasteiger partial charge < -0.3 is 0 Å². The fraction of sp³-hybridized carbons (Fsp3) is 0. The molecule has 13 heavy (non-hydrogen) atoms. The molecule has 0 aliphatic heterocycles. The highest BCUT2D eigenvalue weighted by Gasteiger charge is 2.15. The molecular weight excluding hydrogens is 202 g/mol. The number of hydrogen-bond acceptors (Lipinski definition) is 3. The van der Waals surface area contributed by atoms with Crippen LogP contribution in [0.25, 0.3) is 0 Å². The van der Waals surface area contributed by atoms with Crippen LogP contribution in [0.5, 0.6) is 0 Å². The summed E-state index contributed by atoms with van der Waals surface area (Å²) >= 11 is 0. The first-order valence-electron chi connectivity index (χ1n) is 3.10. The maximum atomic E-state index is 12.5. The van der Waals surface area contributed by atoms with Gasteiger partial charge in [0, 0.05) is 6.07 Å². The van der Waals surface area contributed by atoms with Gasteiger partial charge in [-0.1, -0.05) is 0 Å². The summed E-state index contributed by atoms with van der Waals surface area (Å²) in [5.74, 6) is -1.98. The second-order valence-corrected chi connectivity index (χ2v) is 3.79. The first-order chi connectivity index (χ1) is 5.95. The molecule has 0 fully saturated rings. The molecule has 1 aromatic rings. The van der Waals surface area contributed by atoms with Crippen LogP contribution in [0, 0.1) is 18.7 Å². The van der Waals surface area contributed by atoms with Crippen LogP contribution in [-0.2, 0) is 14.3 Å². The summed E-state index contributed by atoms with van der Waals surface area (Å²) in [5.41, 5.74) is 0. The highest BCUT2D eigenvalue weighted by Crippen LogP contribution is 2.15. The highest BCUT2D eigenvalue weighted by molar-refractivity contribution is 7.86. The third-order valence-corrected chi connectivity index (χ3v) is 2.40. The highest BCUT2D eigenvalue weighted by atomic mass is 32.2. The molecule has 0 aliphatic carbocycles. The second kappa shape index (κ2) is 3.39. The van der Waals surface area contributed by atoms with Crippen molar-refractivity contribution in [1.29, 1.82) is 0 Å². The zero-order valence-corrected chi connectivity index (χ0v) is 7.14. The van der Waals surface area contributed by atoms with E-state index in [-0.39, 0.29) is 0 Å². The summed E-state index contributed by atoms with van der Waals surface area (Å²) in [6, 6.07) is 1.84. The summed E-state index contributed by atoms with van der Waals surface area (Å²) in [5, 5.41) is 0. The Morgan fingerprint density at radius 2 is 1.62 bits per heavy atom. The van der Waals surface area contributed by atoms with Crippen molar-refractivity contribution >= 4 is 10.1 Å². The summed E-state index contributed by atoms with van der Waals surface area (Å²) in [6.45, 7) is 0. The van der Waals surface area contributed by atoms with Crippen molar-refractivity contribution in [3.05, 3.63) is 36.9 Å². The SMILES string of the molecule is [CH2]OS(=O)(=O)c1cc(F)cc(F)c1. The van der Waals surface area contributed by atoms with E-state index in [1.807, 2.05) is 0 Å². The third kappa shape index (κ3) is 2.22. The molecule has 0 N–H and O–H groups in total. The first kappa shape index (κ1) is 10.1. The minimum atomic E-state index is -4.13. The molecule has 0 amide bonds. The van der Waals surface area contributed by atoms with Gasteiger partial charge in [-0.05, 0) is 12.1 Å². The monoisotopic (exact) mass is 207 g/mol. The van der Waals surface area contributed by atoms with E-state index in [0.29, 0.717) is 18.2 Å². The molecule has 1 aromatic carbocycles. The minimum absolute atomic E-state index is 0.558. The average Bonchev–Trinajstić information content (AvgIpc) is 2.02. The molecule has 0 spiro atoms. The van der Waals surface area contributed by atoms with Crippen molar-refractivity contribution < 1.29 is 21.4 Å². The maximum absolute atomic E-state index is 12.5. The third-order valence-electron chi connectivity index (χ3n) is 1.28. The van der Waals surface area contributed by atoms with Gasteiger partial charge in [-0.3, -0.25) is 4.18 Å². The minimum Gasteiger partial charge on any atom is -0.264 e. The van der Waals surface area contributed by atoms with Crippen LogP contribution in [0.1, 0.15) is 0 Å². The van der Waals surface area contributed by atoms with E-state index in [0.717, 1.165) is 0 Å². The van der Waals surface area contributed by atoms with Gasteiger partial charge in [0.2, 0.25) is 0 Å². The molecule has 0 unspecified atom stereocenters. The Labute approximate surface area is 74.1 Å². The normalized spacial score (nSPS) is 11.6. The van der Waals surface area contributed by atoms with Crippen molar-refractivity contribution in [2.75, 3.05) is 0 Å². The Balaban J connectivity index is 3.32. The lowest BCUT2D eigenvalue weighted by Gasteiger charge is -2.00. The van der Waals surface area contributed by atoms with Gasteiger partial charge in [-0.2, -0.15) is 8.42 Å². The van der Waals surface area contributed by atoms with E-state index in [4.69, 9.17) is 0 Å². The van der Waals surface area contributed by atoms with Gasteiger partial charge in [0.1, 0.15) is 11.6 Å². The number of rotatable bonds is 2. The van der Waals surface area contributed by atoms with Crippen molar-refractivity contribution in [3.63, 3.8) is 0 Å². The van der Waals surface area contributed by atoms with Crippen molar-refractivity contribution in [3.8, 4) is 0 Å². The quantitative estimate of drug-likeness (QED) is 0.689. The second-order valence-electron chi connectivity index (χ2n) is 2.18. The number of halogens is 2. The van der Waals surface area contributed by atoms with E-state index in [9.17, 15) is 17.2 Å². The number of benzene rings is 1. The molecule has 3 nitrogen and oxygen atoms in total. The molecule has 0 aromatic heterocycles. The van der Waals surface area contributed by atoms with Gasteiger partial charge in [-0.15, -0.1) is 0 Å². The average molecular weight is 207 g/mol. The van der Waals surface area contributed by atoms with Crippen molar-refractivity contribution in [2.24, 2.45) is 0 Å². The lowest BCUT2D eigenvalue weighted by molar-refractivity contribution is 0.436. The predicted molar refractivity (Wildman–Crippen MR) is 40.0 cm³/mol. The van der Waals surface area contributed by atoms with Crippen LogP contribution in [0.3, 0.4) is 0 Å². The Hall–Kier alpha value is -1.01. The van der Waals surface area contributed by atoms with E-state index >= 15 is 0 Å². The van der Waals surface area contributed by atoms with Crippen LogP contribution in [0.2, 0.25) is 0 Å². The lowest BCUT2D eigenvalue weighted by Crippen LogP contribution is -2.02. The van der Waals surface area contributed by atoms with Gasteiger partial charge in [0.05, 0.1) is 12.0 Å². The van der Waals surface area contributed by atoms with Crippen molar-refractivity contribution in [1.82, 2.24) is 0 Å². The molecule has 0 heterocycles. The Kier molecular flexibility index (Phi) is 2.63. The summed E-state index contributed by atoms with van der Waals surface area (Å²) in [6.07, 6.45) is 0. The van der Waals surface area contributed by atoms with Gasteiger partial charge >= 0.3 is 0 Å². The van der Waals surface area contributed by atoms with Crippen LogP contribution < -0.4 is 0 Å². The zero-order chi connectivity index (χ0) is 10.1. The summed E-state index contributed by atoms with van der Waals surface area (Å²) in [7, 11) is -1.47. The molecule has 6 heteroatoms. The van der Waals surface area contributed by atoms with E-state index < -0.39 is 26.6 Å². The largest absolute Gasteiger partial charge is 0.297 e. The summed E-state index contributed by atoms with van der Waals surface area (Å²) < 4.78 is 50.6. The molecule has 0 aliphatic rings. The van der Waals surface area contributed by atoms with Gasteiger partial charge in [-0.25, -0.2) is 8.78 Å². The Bertz CT molecular complexity index is 393. The molecule has 1 radical (unpaired) electrons. The van der Waals surface area contributed by atoms with Gasteiger partial charge in [0.25, 0.3) is 10.1 Å². The zero-order valence-electron chi connectivity index (χ0n) is 6.33. The standard InChI is InChI=1S/C7H5F2O3S/c1-12-13(10,11)7-3-5(8)2-6(9)4-7/h2-4H,1H2. The van der Waals surface area contributed by atoms with Crippen LogP contribution in [-0.4, -0.2) is 8.42 Å². The van der Waals surface area contributed by atoms with E-state index in [1.165, 1.54) is 0 Å². The molecular formula is C7H5F2O3S. The maximum Gasteiger partial charge on any atom is 0.297 e. The number of hydrogen-bond donors (Lipinski definition) is 0. The van der Waals surface area contributed by atoms with Crippen molar-refractivity contribution in [2.45, 2.75) is 4.90 Å².